The molecule has 0 amide bonds. The average molecular weight is 596 g/mol. The van der Waals surface area contributed by atoms with Gasteiger partial charge in [-0.25, -0.2) is 21.9 Å². The molecule has 0 spiro atoms. The molecule has 14 heteroatoms. The highest BCUT2D eigenvalue weighted by molar-refractivity contribution is 7.93. The van der Waals surface area contributed by atoms with Gasteiger partial charge in [0.25, 0.3) is 0 Å². The zero-order chi connectivity index (χ0) is 30.2. The normalized spacial score (nSPS) is 11.4. The minimum atomic E-state index is -4.24. The number of nitrogens with two attached hydrogens (primary N) is 1. The Bertz CT molecular complexity index is 1970. The van der Waals surface area contributed by atoms with Gasteiger partial charge >= 0.3 is 5.97 Å². The van der Waals surface area contributed by atoms with Crippen molar-refractivity contribution in [3.05, 3.63) is 95.3 Å². The smallest absolute Gasteiger partial charge is 0.322 e. The summed E-state index contributed by atoms with van der Waals surface area (Å²) < 4.78 is 66.3. The molecule has 3 aromatic carbocycles. The van der Waals surface area contributed by atoms with Crippen LogP contribution in [0.2, 0.25) is 0 Å². The van der Waals surface area contributed by atoms with E-state index < -0.39 is 44.9 Å². The molecular formula is C28H23F2N5O6S. The number of nitrogens with one attached hydrogen (secondary N) is 2. The fourth-order valence-corrected chi connectivity index (χ4v) is 5.22. The van der Waals surface area contributed by atoms with E-state index in [4.69, 9.17) is 10.5 Å². The Morgan fingerprint density at radius 2 is 1.83 bits per heavy atom. The molecule has 0 unspecified atom stereocenters. The predicted octanol–water partition coefficient (Wildman–Crippen LogP) is 4.46. The molecule has 0 saturated carbocycles. The Hall–Kier alpha value is -5.24. The number of anilines is 2. The maximum absolute atomic E-state index is 14.7. The van der Waals surface area contributed by atoms with E-state index in [1.165, 1.54) is 29.1 Å². The summed E-state index contributed by atoms with van der Waals surface area (Å²) in [6.07, 6.45) is 1.29. The van der Waals surface area contributed by atoms with Crippen molar-refractivity contribution < 1.29 is 36.3 Å². The highest BCUT2D eigenvalue weighted by Crippen LogP contribution is 2.30. The number of esters is 1. The number of nitrogen functional groups attached to an aromatic ring is 1. The molecule has 11 nitrogen and oxygen atoms in total. The summed E-state index contributed by atoms with van der Waals surface area (Å²) in [6, 6.07) is 14.6. The van der Waals surface area contributed by atoms with Crippen molar-refractivity contribution in [3.63, 3.8) is 0 Å². The fraction of sp³-hybridized carbons (Fsp3) is 0.107. The van der Waals surface area contributed by atoms with Crippen LogP contribution in [0.5, 0.6) is 11.5 Å². The van der Waals surface area contributed by atoms with E-state index in [0.717, 1.165) is 19.2 Å². The first-order chi connectivity index (χ1) is 20.0. The number of carbonyl (C=O) groups is 2. The number of fused-ring (bicyclic) bond motifs is 1. The molecule has 5 rings (SSSR count). The third-order valence-corrected chi connectivity index (χ3v) is 7.41. The van der Waals surface area contributed by atoms with Crippen LogP contribution in [0, 0.1) is 18.6 Å². The van der Waals surface area contributed by atoms with Gasteiger partial charge < -0.3 is 20.2 Å². The van der Waals surface area contributed by atoms with Gasteiger partial charge in [0.05, 0.1) is 35.9 Å². The molecule has 0 aliphatic rings. The van der Waals surface area contributed by atoms with E-state index in [-0.39, 0.29) is 28.3 Å². The Balaban J connectivity index is 1.39. The number of nitrogens with zero attached hydrogens (tertiary/aromatic N) is 2. The maximum atomic E-state index is 14.7. The van der Waals surface area contributed by atoms with Crippen molar-refractivity contribution >= 4 is 44.2 Å². The lowest BCUT2D eigenvalue weighted by Crippen LogP contribution is -2.24. The molecule has 2 aromatic heterocycles. The lowest BCUT2D eigenvalue weighted by molar-refractivity contribution is -0.137. The standard InChI is InChI=1S/C28H23F2N5O6S/c1-15-9-17(41-25-6-4-3-5-19(25)29)7-8-24(15)35-28(31)18(13-32-35)27(37)23-11-16-10-20(30)22(12-21(16)33-23)34-42(38,39)14-26(36)40-2/h3-13,33-34H,14,31H2,1-2H3. The van der Waals surface area contributed by atoms with Crippen LogP contribution < -0.4 is 15.2 Å². The van der Waals surface area contributed by atoms with Crippen LogP contribution in [-0.4, -0.2) is 47.8 Å². The topological polar surface area (TPSA) is 158 Å². The number of hydrogen-bond donors (Lipinski definition) is 3. The number of methoxy groups -OCH3 is 1. The summed E-state index contributed by atoms with van der Waals surface area (Å²) in [4.78, 5) is 27.5. The first-order valence-corrected chi connectivity index (χ1v) is 13.9. The van der Waals surface area contributed by atoms with Crippen molar-refractivity contribution in [3.8, 4) is 17.2 Å². The van der Waals surface area contributed by atoms with Crippen molar-refractivity contribution in [1.29, 1.82) is 0 Å². The molecule has 5 aromatic rings. The summed E-state index contributed by atoms with van der Waals surface area (Å²) >= 11 is 0. The summed E-state index contributed by atoms with van der Waals surface area (Å²) in [7, 11) is -3.21. The molecule has 42 heavy (non-hydrogen) atoms. The number of aryl methyl sites for hydroxylation is 1. The molecule has 2 heterocycles. The number of rotatable bonds is 9. The lowest BCUT2D eigenvalue weighted by Gasteiger charge is -2.12. The number of aromatic nitrogens is 3. The van der Waals surface area contributed by atoms with Gasteiger partial charge in [-0.15, -0.1) is 0 Å². The summed E-state index contributed by atoms with van der Waals surface area (Å²) in [5.74, 6) is -3.49. The molecule has 0 atom stereocenters. The number of para-hydroxylation sites is 1. The highest BCUT2D eigenvalue weighted by atomic mass is 32.2. The first kappa shape index (κ1) is 28.3. The van der Waals surface area contributed by atoms with Crippen LogP contribution in [0.3, 0.4) is 0 Å². The Morgan fingerprint density at radius 3 is 2.55 bits per heavy atom. The molecule has 0 bridgehead atoms. The molecule has 4 N–H and O–H groups in total. The van der Waals surface area contributed by atoms with Crippen molar-refractivity contribution in [2.75, 3.05) is 23.3 Å². The van der Waals surface area contributed by atoms with Gasteiger partial charge in [0, 0.05) is 10.9 Å². The summed E-state index contributed by atoms with van der Waals surface area (Å²) in [5, 5.41) is 4.55. The van der Waals surface area contributed by atoms with Crippen LogP contribution in [0.25, 0.3) is 16.6 Å². The van der Waals surface area contributed by atoms with E-state index in [9.17, 15) is 26.8 Å². The average Bonchev–Trinajstić information content (AvgIpc) is 3.52. The molecule has 0 fully saturated rings. The van der Waals surface area contributed by atoms with E-state index in [0.29, 0.717) is 22.4 Å². The second-order valence-electron chi connectivity index (χ2n) is 9.20. The minimum absolute atomic E-state index is 0.0342. The fourth-order valence-electron chi connectivity index (χ4n) is 4.22. The van der Waals surface area contributed by atoms with Crippen LogP contribution in [0.4, 0.5) is 20.3 Å². The Kier molecular flexibility index (Phi) is 7.39. The molecule has 0 aliphatic carbocycles. The largest absolute Gasteiger partial charge is 0.468 e. The van der Waals surface area contributed by atoms with Crippen LogP contribution in [0.15, 0.2) is 66.9 Å². The van der Waals surface area contributed by atoms with E-state index in [2.05, 4.69) is 14.8 Å². The van der Waals surface area contributed by atoms with Crippen molar-refractivity contribution in [2.24, 2.45) is 0 Å². The third kappa shape index (κ3) is 5.65. The summed E-state index contributed by atoms with van der Waals surface area (Å²) in [5.41, 5.74) is 7.48. The number of halogens is 2. The number of sulfonamides is 1. The number of ketones is 1. The van der Waals surface area contributed by atoms with Gasteiger partial charge in [0.15, 0.2) is 17.3 Å². The number of H-pyrrole nitrogens is 1. The predicted molar refractivity (Wildman–Crippen MR) is 150 cm³/mol. The SMILES string of the molecule is COC(=O)CS(=O)(=O)Nc1cc2[nH]c(C(=O)c3cnn(-c4ccc(Oc5ccccc5F)cc4C)c3N)cc2cc1F. The van der Waals surface area contributed by atoms with E-state index in [1.807, 2.05) is 4.72 Å². The maximum Gasteiger partial charge on any atom is 0.322 e. The highest BCUT2D eigenvalue weighted by Gasteiger charge is 2.23. The van der Waals surface area contributed by atoms with Crippen molar-refractivity contribution in [2.45, 2.75) is 6.92 Å². The zero-order valence-electron chi connectivity index (χ0n) is 22.1. The molecule has 0 saturated heterocycles. The molecule has 216 valence electrons. The van der Waals surface area contributed by atoms with Gasteiger partial charge in [0.1, 0.15) is 17.4 Å². The van der Waals surface area contributed by atoms with Gasteiger partial charge in [-0.1, -0.05) is 12.1 Å². The zero-order valence-corrected chi connectivity index (χ0v) is 23.0. The second kappa shape index (κ2) is 11.0. The lowest BCUT2D eigenvalue weighted by atomic mass is 10.1. The van der Waals surface area contributed by atoms with Gasteiger partial charge in [-0.05, 0) is 61.0 Å². The number of aromatic amines is 1. The third-order valence-electron chi connectivity index (χ3n) is 6.27. The van der Waals surface area contributed by atoms with Gasteiger partial charge in [-0.3, -0.25) is 14.3 Å². The Labute approximate surface area is 237 Å². The minimum Gasteiger partial charge on any atom is -0.468 e. The van der Waals surface area contributed by atoms with Crippen LogP contribution in [-0.2, 0) is 19.6 Å². The molecule has 0 radical (unpaired) electrons. The van der Waals surface area contributed by atoms with E-state index in [1.54, 1.807) is 37.3 Å². The molecular weight excluding hydrogens is 572 g/mol. The number of benzene rings is 3. The first-order valence-electron chi connectivity index (χ1n) is 12.3. The van der Waals surface area contributed by atoms with Crippen LogP contribution >= 0.6 is 0 Å². The monoisotopic (exact) mass is 595 g/mol. The van der Waals surface area contributed by atoms with Crippen LogP contribution in [0.1, 0.15) is 21.6 Å². The molecule has 0 aliphatic heterocycles. The number of ether oxygens (including phenoxy) is 2. The van der Waals surface area contributed by atoms with Crippen molar-refractivity contribution in [1.82, 2.24) is 14.8 Å². The number of hydrogen-bond acceptors (Lipinski definition) is 8. The quantitative estimate of drug-likeness (QED) is 0.166. The van der Waals surface area contributed by atoms with Gasteiger partial charge in [0.2, 0.25) is 15.8 Å². The van der Waals surface area contributed by atoms with E-state index >= 15 is 0 Å². The van der Waals surface area contributed by atoms with Gasteiger partial charge in [-0.2, -0.15) is 5.10 Å². The summed E-state index contributed by atoms with van der Waals surface area (Å²) in [6.45, 7) is 1.77. The second-order valence-corrected chi connectivity index (χ2v) is 10.9. The Morgan fingerprint density at radius 1 is 1.07 bits per heavy atom. The number of carbonyl (C=O) groups excluding carboxylic acids is 2.